The molecule has 0 spiro atoms. The third-order valence-corrected chi connectivity index (χ3v) is 4.28. The van der Waals surface area contributed by atoms with Crippen LogP contribution in [-0.2, 0) is 6.42 Å². The maximum absolute atomic E-state index is 13.0. The van der Waals surface area contributed by atoms with E-state index in [1.165, 1.54) is 0 Å². The van der Waals surface area contributed by atoms with Gasteiger partial charge in [-0.05, 0) is 62.1 Å². The van der Waals surface area contributed by atoms with Gasteiger partial charge in [-0.3, -0.25) is 9.78 Å². The predicted octanol–water partition coefficient (Wildman–Crippen LogP) is 4.97. The van der Waals surface area contributed by atoms with Gasteiger partial charge in [-0.15, -0.1) is 0 Å². The summed E-state index contributed by atoms with van der Waals surface area (Å²) in [6, 6.07) is 13.9. The largest absolute Gasteiger partial charge is 0.322 e. The van der Waals surface area contributed by atoms with Gasteiger partial charge >= 0.3 is 0 Å². The third kappa shape index (κ3) is 3.02. The van der Waals surface area contributed by atoms with Crippen molar-refractivity contribution in [1.82, 2.24) is 4.98 Å². The third-order valence-electron chi connectivity index (χ3n) is 4.28. The van der Waals surface area contributed by atoms with E-state index >= 15 is 0 Å². The lowest BCUT2D eigenvalue weighted by molar-refractivity contribution is 0.102. The van der Waals surface area contributed by atoms with Crippen LogP contribution in [0.5, 0.6) is 0 Å². The number of nitrogens with one attached hydrogen (secondary N) is 1. The number of aromatic nitrogens is 1. The Morgan fingerprint density at radius 1 is 1.04 bits per heavy atom. The predicted molar refractivity (Wildman–Crippen MR) is 99.7 cm³/mol. The molecule has 122 valence electrons. The highest BCUT2D eigenvalue weighted by molar-refractivity contribution is 6.13. The van der Waals surface area contributed by atoms with E-state index in [4.69, 9.17) is 4.98 Å². The van der Waals surface area contributed by atoms with Crippen LogP contribution >= 0.6 is 0 Å². The van der Waals surface area contributed by atoms with Crippen LogP contribution in [0.4, 0.5) is 5.69 Å². The van der Waals surface area contributed by atoms with Gasteiger partial charge in [0, 0.05) is 16.8 Å². The first-order valence-electron chi connectivity index (χ1n) is 8.27. The van der Waals surface area contributed by atoms with Crippen LogP contribution in [-0.4, -0.2) is 10.9 Å². The molecule has 0 saturated heterocycles. The van der Waals surface area contributed by atoms with Crippen molar-refractivity contribution in [2.75, 3.05) is 5.32 Å². The van der Waals surface area contributed by atoms with Gasteiger partial charge < -0.3 is 5.32 Å². The van der Waals surface area contributed by atoms with Crippen LogP contribution in [0.25, 0.3) is 10.9 Å². The SMILES string of the molecule is CCc1nc2ccccc2c(C(=O)Nc2cc(C)cc(C)c2)c1C. The van der Waals surface area contributed by atoms with E-state index in [9.17, 15) is 4.79 Å². The quantitative estimate of drug-likeness (QED) is 0.740. The van der Waals surface area contributed by atoms with Crippen LogP contribution < -0.4 is 5.32 Å². The number of para-hydroxylation sites is 1. The zero-order chi connectivity index (χ0) is 17.3. The first kappa shape index (κ1) is 16.2. The maximum atomic E-state index is 13.0. The molecule has 3 heteroatoms. The van der Waals surface area contributed by atoms with Gasteiger partial charge in [-0.1, -0.05) is 31.2 Å². The molecule has 24 heavy (non-hydrogen) atoms. The number of fused-ring (bicyclic) bond motifs is 1. The lowest BCUT2D eigenvalue weighted by atomic mass is 9.99. The first-order valence-corrected chi connectivity index (χ1v) is 8.27. The molecule has 0 fully saturated rings. The molecule has 1 amide bonds. The van der Waals surface area contributed by atoms with E-state index in [0.29, 0.717) is 0 Å². The minimum Gasteiger partial charge on any atom is -0.322 e. The van der Waals surface area contributed by atoms with Crippen molar-refractivity contribution in [2.45, 2.75) is 34.1 Å². The summed E-state index contributed by atoms with van der Waals surface area (Å²) < 4.78 is 0. The Balaban J connectivity index is 2.10. The van der Waals surface area contributed by atoms with E-state index in [0.717, 1.165) is 51.0 Å². The fourth-order valence-corrected chi connectivity index (χ4v) is 3.24. The molecule has 0 atom stereocenters. The fraction of sp³-hybridized carbons (Fsp3) is 0.238. The number of carbonyl (C=O) groups excluding carboxylic acids is 1. The molecule has 0 unspecified atom stereocenters. The van der Waals surface area contributed by atoms with Gasteiger partial charge in [-0.2, -0.15) is 0 Å². The molecule has 1 N–H and O–H groups in total. The molecular weight excluding hydrogens is 296 g/mol. The van der Waals surface area contributed by atoms with Crippen LogP contribution in [0.3, 0.4) is 0 Å². The lowest BCUT2D eigenvalue weighted by Crippen LogP contribution is -2.16. The second-order valence-electron chi connectivity index (χ2n) is 6.26. The van der Waals surface area contributed by atoms with E-state index in [2.05, 4.69) is 18.3 Å². The Morgan fingerprint density at radius 2 is 1.71 bits per heavy atom. The molecule has 0 radical (unpaired) electrons. The summed E-state index contributed by atoms with van der Waals surface area (Å²) in [5.41, 5.74) is 6.61. The summed E-state index contributed by atoms with van der Waals surface area (Å²) in [6.07, 6.45) is 0.806. The number of pyridine rings is 1. The van der Waals surface area contributed by atoms with Crippen molar-refractivity contribution in [3.8, 4) is 0 Å². The molecule has 2 aromatic carbocycles. The van der Waals surface area contributed by atoms with Crippen LogP contribution in [0.1, 0.15) is 39.7 Å². The summed E-state index contributed by atoms with van der Waals surface area (Å²) in [6.45, 7) is 8.11. The van der Waals surface area contributed by atoms with Gasteiger partial charge in [0.05, 0.1) is 11.1 Å². The Kier molecular flexibility index (Phi) is 4.34. The molecule has 3 rings (SSSR count). The van der Waals surface area contributed by atoms with Gasteiger partial charge in [0.15, 0.2) is 0 Å². The fourth-order valence-electron chi connectivity index (χ4n) is 3.24. The second-order valence-corrected chi connectivity index (χ2v) is 6.26. The highest BCUT2D eigenvalue weighted by Gasteiger charge is 2.17. The highest BCUT2D eigenvalue weighted by atomic mass is 16.1. The van der Waals surface area contributed by atoms with Crippen molar-refractivity contribution in [3.63, 3.8) is 0 Å². The van der Waals surface area contributed by atoms with Gasteiger partial charge in [0.25, 0.3) is 5.91 Å². The summed E-state index contributed by atoms with van der Waals surface area (Å²) in [5.74, 6) is -0.0780. The summed E-state index contributed by atoms with van der Waals surface area (Å²) in [4.78, 5) is 17.7. The minimum absolute atomic E-state index is 0.0780. The monoisotopic (exact) mass is 318 g/mol. The van der Waals surface area contributed by atoms with Crippen molar-refractivity contribution in [1.29, 1.82) is 0 Å². The Hall–Kier alpha value is -2.68. The molecule has 0 bridgehead atoms. The number of anilines is 1. The standard InChI is InChI=1S/C21H22N2O/c1-5-18-15(4)20(17-8-6-7-9-19(17)23-18)21(24)22-16-11-13(2)10-14(3)12-16/h6-12H,5H2,1-4H3,(H,22,24). The molecule has 0 saturated carbocycles. The van der Waals surface area contributed by atoms with Gasteiger partial charge in [0.1, 0.15) is 0 Å². The number of hydrogen-bond acceptors (Lipinski definition) is 2. The van der Waals surface area contributed by atoms with Crippen LogP contribution in [0, 0.1) is 20.8 Å². The molecule has 1 aromatic heterocycles. The molecule has 1 heterocycles. The van der Waals surface area contributed by atoms with E-state index in [1.54, 1.807) is 0 Å². The first-order chi connectivity index (χ1) is 11.5. The zero-order valence-corrected chi connectivity index (χ0v) is 14.6. The summed E-state index contributed by atoms with van der Waals surface area (Å²) in [7, 11) is 0. The van der Waals surface area contributed by atoms with E-state index in [-0.39, 0.29) is 5.91 Å². The number of rotatable bonds is 3. The highest BCUT2D eigenvalue weighted by Crippen LogP contribution is 2.25. The maximum Gasteiger partial charge on any atom is 0.256 e. The topological polar surface area (TPSA) is 42.0 Å². The second kappa shape index (κ2) is 6.44. The number of hydrogen-bond donors (Lipinski definition) is 1. The number of carbonyl (C=O) groups is 1. The van der Waals surface area contributed by atoms with Crippen LogP contribution in [0.15, 0.2) is 42.5 Å². The Bertz CT molecular complexity index is 908. The average Bonchev–Trinajstić information content (AvgIpc) is 2.53. The zero-order valence-electron chi connectivity index (χ0n) is 14.6. The van der Waals surface area contributed by atoms with E-state index in [1.807, 2.05) is 57.2 Å². The van der Waals surface area contributed by atoms with Gasteiger partial charge in [-0.25, -0.2) is 0 Å². The van der Waals surface area contributed by atoms with Crippen molar-refractivity contribution >= 4 is 22.5 Å². The molecule has 0 aliphatic heterocycles. The van der Waals surface area contributed by atoms with Crippen LogP contribution in [0.2, 0.25) is 0 Å². The van der Waals surface area contributed by atoms with E-state index < -0.39 is 0 Å². The summed E-state index contributed by atoms with van der Waals surface area (Å²) >= 11 is 0. The molecule has 0 aliphatic carbocycles. The normalized spacial score (nSPS) is 10.8. The molecule has 0 aliphatic rings. The Labute approximate surface area is 142 Å². The average molecular weight is 318 g/mol. The van der Waals surface area contributed by atoms with Crippen molar-refractivity contribution in [2.24, 2.45) is 0 Å². The number of amides is 1. The number of nitrogens with zero attached hydrogens (tertiary/aromatic N) is 1. The van der Waals surface area contributed by atoms with Crippen molar-refractivity contribution < 1.29 is 4.79 Å². The smallest absolute Gasteiger partial charge is 0.256 e. The Morgan fingerprint density at radius 3 is 2.38 bits per heavy atom. The molecule has 3 nitrogen and oxygen atoms in total. The van der Waals surface area contributed by atoms with Crippen molar-refractivity contribution in [3.05, 3.63) is 70.4 Å². The number of benzene rings is 2. The molecular formula is C21H22N2O. The summed E-state index contributed by atoms with van der Waals surface area (Å²) in [5, 5.41) is 3.95. The lowest BCUT2D eigenvalue weighted by Gasteiger charge is -2.14. The van der Waals surface area contributed by atoms with Gasteiger partial charge in [0.2, 0.25) is 0 Å². The minimum atomic E-state index is -0.0780. The molecule has 3 aromatic rings. The number of aryl methyl sites for hydroxylation is 3.